The van der Waals surface area contributed by atoms with Gasteiger partial charge in [0.05, 0.1) is 12.6 Å². The first-order valence-electron chi connectivity index (χ1n) is 11.6. The zero-order chi connectivity index (χ0) is 23.0. The van der Waals surface area contributed by atoms with Crippen LogP contribution in [0.25, 0.3) is 0 Å². The Morgan fingerprint density at radius 2 is 1.78 bits per heavy atom. The lowest BCUT2D eigenvalue weighted by Gasteiger charge is -2.43. The molecule has 0 bridgehead atoms. The van der Waals surface area contributed by atoms with Crippen LogP contribution in [-0.2, 0) is 16.0 Å². The van der Waals surface area contributed by atoms with Crippen molar-refractivity contribution < 1.29 is 9.59 Å². The third kappa shape index (κ3) is 4.62. The summed E-state index contributed by atoms with van der Waals surface area (Å²) in [7, 11) is 0. The summed E-state index contributed by atoms with van der Waals surface area (Å²) < 4.78 is 0. The Balaban J connectivity index is 1.48. The van der Waals surface area contributed by atoms with Crippen LogP contribution in [0.3, 0.4) is 0 Å². The summed E-state index contributed by atoms with van der Waals surface area (Å²) in [5.74, 6) is 0.327. The molecule has 0 radical (unpaired) electrons. The Morgan fingerprint density at radius 3 is 2.44 bits per heavy atom. The van der Waals surface area contributed by atoms with Crippen LogP contribution in [0, 0.1) is 12.3 Å². The predicted molar refractivity (Wildman–Crippen MR) is 130 cm³/mol. The molecule has 3 heterocycles. The third-order valence-electron chi connectivity index (χ3n) is 6.68. The molecule has 1 saturated heterocycles. The van der Waals surface area contributed by atoms with Gasteiger partial charge in [0.2, 0.25) is 11.8 Å². The normalized spacial score (nSPS) is 22.0. The molecule has 2 aliphatic heterocycles. The number of benzene rings is 1. The summed E-state index contributed by atoms with van der Waals surface area (Å²) in [5.41, 5.74) is 3.44. The average Bonchev–Trinajstić information content (AvgIpc) is 3.22. The summed E-state index contributed by atoms with van der Waals surface area (Å²) in [6, 6.07) is 11.1. The zero-order valence-corrected chi connectivity index (χ0v) is 20.7. The lowest BCUT2D eigenvalue weighted by atomic mass is 9.92. The summed E-state index contributed by atoms with van der Waals surface area (Å²) in [5, 5.41) is 2.17. The number of nitrogens with zero attached hydrogens (tertiary/aromatic N) is 3. The van der Waals surface area contributed by atoms with Crippen molar-refractivity contribution >= 4 is 23.2 Å². The second-order valence-corrected chi connectivity index (χ2v) is 11.3. The Labute approximate surface area is 196 Å². The largest absolute Gasteiger partial charge is 0.338 e. The van der Waals surface area contributed by atoms with Gasteiger partial charge < -0.3 is 9.80 Å². The highest BCUT2D eigenvalue weighted by Gasteiger charge is 2.36. The summed E-state index contributed by atoms with van der Waals surface area (Å²) >= 11 is 1.82. The van der Waals surface area contributed by atoms with E-state index in [9.17, 15) is 9.59 Å². The molecule has 1 aromatic carbocycles. The van der Waals surface area contributed by atoms with Gasteiger partial charge in [-0.25, -0.2) is 0 Å². The number of carbonyl (C=O) groups excluding carboxylic acids is 2. The number of rotatable bonds is 3. The summed E-state index contributed by atoms with van der Waals surface area (Å²) in [6.07, 6.45) is 0.993. The first-order valence-corrected chi connectivity index (χ1v) is 12.5. The van der Waals surface area contributed by atoms with Crippen molar-refractivity contribution in [1.82, 2.24) is 14.7 Å². The van der Waals surface area contributed by atoms with Crippen molar-refractivity contribution in [2.24, 2.45) is 5.41 Å². The van der Waals surface area contributed by atoms with E-state index in [0.29, 0.717) is 26.2 Å². The molecule has 0 unspecified atom stereocenters. The van der Waals surface area contributed by atoms with Gasteiger partial charge in [-0.05, 0) is 42.8 Å². The molecule has 0 aliphatic carbocycles. The van der Waals surface area contributed by atoms with Gasteiger partial charge in [-0.3, -0.25) is 14.5 Å². The fourth-order valence-corrected chi connectivity index (χ4v) is 5.77. The van der Waals surface area contributed by atoms with E-state index in [1.54, 1.807) is 0 Å². The van der Waals surface area contributed by atoms with E-state index in [2.05, 4.69) is 54.5 Å². The van der Waals surface area contributed by atoms with E-state index in [0.717, 1.165) is 13.0 Å². The lowest BCUT2D eigenvalue weighted by Crippen LogP contribution is -2.58. The van der Waals surface area contributed by atoms with E-state index < -0.39 is 5.41 Å². The molecule has 2 atom stereocenters. The monoisotopic (exact) mass is 453 g/mol. The van der Waals surface area contributed by atoms with E-state index in [4.69, 9.17) is 0 Å². The van der Waals surface area contributed by atoms with Crippen LogP contribution in [0.1, 0.15) is 55.3 Å². The van der Waals surface area contributed by atoms with Crippen LogP contribution in [0.5, 0.6) is 0 Å². The van der Waals surface area contributed by atoms with Crippen LogP contribution >= 0.6 is 11.3 Å². The number of carbonyl (C=O) groups is 2. The van der Waals surface area contributed by atoms with Gasteiger partial charge in [0.15, 0.2) is 0 Å². The minimum atomic E-state index is -0.395. The van der Waals surface area contributed by atoms with Crippen LogP contribution in [0.15, 0.2) is 35.7 Å². The summed E-state index contributed by atoms with van der Waals surface area (Å²) in [4.78, 5) is 33.8. The Morgan fingerprint density at radius 1 is 1.06 bits per heavy atom. The van der Waals surface area contributed by atoms with Gasteiger partial charge in [0.1, 0.15) is 0 Å². The molecule has 2 aliphatic rings. The molecule has 2 aromatic rings. The lowest BCUT2D eigenvalue weighted by molar-refractivity contribution is -0.148. The van der Waals surface area contributed by atoms with E-state index >= 15 is 0 Å². The molecule has 172 valence electrons. The van der Waals surface area contributed by atoms with Gasteiger partial charge in [0, 0.05) is 42.5 Å². The molecule has 32 heavy (non-hydrogen) atoms. The average molecular weight is 454 g/mol. The molecule has 0 spiro atoms. The molecular formula is C26H35N3O2S. The smallest absolute Gasteiger partial charge is 0.236 e. The molecule has 0 N–H and O–H groups in total. The Hall–Kier alpha value is -2.18. The SMILES string of the molecule is Cc1ccc([C@@H]2c3ccsc3CCN2CC(=O)N2CCN(C(=O)C(C)(C)C)[C@H](C)C2)cc1. The molecule has 0 saturated carbocycles. The predicted octanol–water partition coefficient (Wildman–Crippen LogP) is 4.11. The highest BCUT2D eigenvalue weighted by atomic mass is 32.1. The van der Waals surface area contributed by atoms with Crippen molar-refractivity contribution in [1.29, 1.82) is 0 Å². The standard InChI is InChI=1S/C26H35N3O2S/c1-18-6-8-20(9-7-18)24-21-11-15-32-22(21)10-12-28(24)17-23(30)27-13-14-29(19(2)16-27)25(31)26(3,4)5/h6-9,11,15,19,24H,10,12-14,16-17H2,1-5H3/t19-,24-/m1/s1. The topological polar surface area (TPSA) is 43.9 Å². The first-order chi connectivity index (χ1) is 15.1. The molecule has 1 aromatic heterocycles. The highest BCUT2D eigenvalue weighted by molar-refractivity contribution is 7.10. The molecular weight excluding hydrogens is 418 g/mol. The summed E-state index contributed by atoms with van der Waals surface area (Å²) in [6.45, 7) is 13.2. The van der Waals surface area contributed by atoms with Gasteiger partial charge in [-0.15, -0.1) is 11.3 Å². The number of thiophene rings is 1. The first kappa shape index (κ1) is 23.0. The van der Waals surface area contributed by atoms with E-state index in [-0.39, 0.29) is 23.9 Å². The number of hydrogen-bond donors (Lipinski definition) is 0. The maximum Gasteiger partial charge on any atom is 0.236 e. The number of aryl methyl sites for hydroxylation is 1. The maximum absolute atomic E-state index is 13.3. The Kier molecular flexibility index (Phi) is 6.46. The second-order valence-electron chi connectivity index (χ2n) is 10.3. The van der Waals surface area contributed by atoms with Crippen LogP contribution in [0.2, 0.25) is 0 Å². The second kappa shape index (κ2) is 8.99. The van der Waals surface area contributed by atoms with E-state index in [1.165, 1.54) is 21.6 Å². The van der Waals surface area contributed by atoms with Crippen molar-refractivity contribution in [3.8, 4) is 0 Å². The number of amides is 2. The van der Waals surface area contributed by atoms with Crippen molar-refractivity contribution in [3.05, 3.63) is 57.3 Å². The maximum atomic E-state index is 13.3. The van der Waals surface area contributed by atoms with Gasteiger partial charge in [-0.2, -0.15) is 0 Å². The highest BCUT2D eigenvalue weighted by Crippen LogP contribution is 2.37. The molecule has 2 amide bonds. The molecule has 5 nitrogen and oxygen atoms in total. The minimum absolute atomic E-state index is 0.0390. The quantitative estimate of drug-likeness (QED) is 0.703. The van der Waals surface area contributed by atoms with Gasteiger partial charge in [-0.1, -0.05) is 50.6 Å². The van der Waals surface area contributed by atoms with Crippen LogP contribution in [0.4, 0.5) is 0 Å². The number of hydrogen-bond acceptors (Lipinski definition) is 4. The van der Waals surface area contributed by atoms with Gasteiger partial charge >= 0.3 is 0 Å². The fraction of sp³-hybridized carbons (Fsp3) is 0.538. The third-order valence-corrected chi connectivity index (χ3v) is 7.68. The van der Waals surface area contributed by atoms with Crippen LogP contribution < -0.4 is 0 Å². The van der Waals surface area contributed by atoms with Crippen molar-refractivity contribution in [2.45, 2.75) is 53.1 Å². The number of fused-ring (bicyclic) bond motifs is 1. The minimum Gasteiger partial charge on any atom is -0.338 e. The van der Waals surface area contributed by atoms with Crippen LogP contribution in [-0.4, -0.2) is 65.3 Å². The molecule has 4 rings (SSSR count). The zero-order valence-electron chi connectivity index (χ0n) is 19.9. The van der Waals surface area contributed by atoms with Crippen molar-refractivity contribution in [3.63, 3.8) is 0 Å². The molecule has 6 heteroatoms. The van der Waals surface area contributed by atoms with Crippen molar-refractivity contribution in [2.75, 3.05) is 32.7 Å². The van der Waals surface area contributed by atoms with Gasteiger partial charge in [0.25, 0.3) is 0 Å². The fourth-order valence-electron chi connectivity index (χ4n) is 4.87. The molecule has 1 fully saturated rings. The Bertz CT molecular complexity index is 976. The number of piperazine rings is 1. The van der Waals surface area contributed by atoms with E-state index in [1.807, 2.05) is 41.9 Å².